The average Bonchev–Trinajstić information content (AvgIpc) is 2.56. The van der Waals surface area contributed by atoms with Gasteiger partial charge in [-0.15, -0.1) is 11.3 Å². The molecule has 0 amide bonds. The van der Waals surface area contributed by atoms with Crippen LogP contribution in [0.2, 0.25) is 0 Å². The van der Waals surface area contributed by atoms with E-state index in [0.717, 1.165) is 6.54 Å². The summed E-state index contributed by atoms with van der Waals surface area (Å²) in [5.74, 6) is 1.42. The van der Waals surface area contributed by atoms with Crippen molar-refractivity contribution < 1.29 is 0 Å². The van der Waals surface area contributed by atoms with E-state index in [1.165, 1.54) is 15.1 Å². The first kappa shape index (κ1) is 15.2. The predicted octanol–water partition coefficient (Wildman–Crippen LogP) is 4.71. The first-order valence-electron chi connectivity index (χ1n) is 6.27. The second kappa shape index (κ2) is 6.35. The van der Waals surface area contributed by atoms with Gasteiger partial charge in [0.2, 0.25) is 0 Å². The van der Waals surface area contributed by atoms with Crippen LogP contribution in [-0.4, -0.2) is 12.1 Å². The molecule has 1 atom stereocenters. The Morgan fingerprint density at radius 2 is 1.94 bits per heavy atom. The molecule has 1 rings (SSSR count). The topological polar surface area (TPSA) is 12.0 Å². The van der Waals surface area contributed by atoms with Crippen LogP contribution >= 0.6 is 27.3 Å². The zero-order valence-corrected chi connectivity index (χ0v) is 13.9. The van der Waals surface area contributed by atoms with Crippen LogP contribution in [-0.2, 0) is 6.42 Å². The molecule has 1 heterocycles. The highest BCUT2D eigenvalue weighted by atomic mass is 79.9. The van der Waals surface area contributed by atoms with E-state index in [9.17, 15) is 0 Å². The second-order valence-corrected chi connectivity index (χ2v) is 8.59. The van der Waals surface area contributed by atoms with E-state index in [1.807, 2.05) is 11.3 Å². The van der Waals surface area contributed by atoms with E-state index in [1.54, 1.807) is 0 Å². The lowest BCUT2D eigenvalue weighted by Gasteiger charge is -2.27. The molecule has 0 aliphatic carbocycles. The normalized spacial score (nSPS) is 14.3. The highest BCUT2D eigenvalue weighted by Crippen LogP contribution is 2.26. The molecule has 17 heavy (non-hydrogen) atoms. The van der Waals surface area contributed by atoms with Crippen molar-refractivity contribution in [2.75, 3.05) is 6.54 Å². The molecule has 0 saturated heterocycles. The molecule has 1 aromatic rings. The van der Waals surface area contributed by atoms with Crippen LogP contribution in [0.15, 0.2) is 15.9 Å². The summed E-state index contributed by atoms with van der Waals surface area (Å²) in [5, 5.41) is 3.62. The van der Waals surface area contributed by atoms with Crippen molar-refractivity contribution in [2.45, 2.75) is 46.6 Å². The highest BCUT2D eigenvalue weighted by Gasteiger charge is 2.18. The molecule has 0 bridgehead atoms. The largest absolute Gasteiger partial charge is 0.312 e. The van der Waals surface area contributed by atoms with Gasteiger partial charge in [0, 0.05) is 10.4 Å². The molecule has 0 saturated carbocycles. The molecule has 0 radical (unpaired) electrons. The molecule has 98 valence electrons. The van der Waals surface area contributed by atoms with Gasteiger partial charge in [-0.2, -0.15) is 0 Å². The monoisotopic (exact) mass is 317 g/mol. The average molecular weight is 318 g/mol. The Bertz CT molecular complexity index is 338. The van der Waals surface area contributed by atoms with Gasteiger partial charge in [-0.3, -0.25) is 0 Å². The summed E-state index contributed by atoms with van der Waals surface area (Å²) in [5.41, 5.74) is 0.211. The third-order valence-corrected chi connectivity index (χ3v) is 4.58. The molecule has 3 heteroatoms. The van der Waals surface area contributed by atoms with E-state index in [4.69, 9.17) is 0 Å². The van der Waals surface area contributed by atoms with E-state index in [2.05, 4.69) is 68.0 Å². The maximum absolute atomic E-state index is 3.62. The van der Waals surface area contributed by atoms with Crippen molar-refractivity contribution in [1.29, 1.82) is 0 Å². The van der Waals surface area contributed by atoms with Crippen molar-refractivity contribution in [3.63, 3.8) is 0 Å². The van der Waals surface area contributed by atoms with Crippen molar-refractivity contribution in [1.82, 2.24) is 5.32 Å². The third-order valence-electron chi connectivity index (χ3n) is 2.93. The first-order chi connectivity index (χ1) is 7.78. The highest BCUT2D eigenvalue weighted by molar-refractivity contribution is 9.11. The Hall–Kier alpha value is 0.140. The molecule has 0 spiro atoms. The molecule has 1 nitrogen and oxygen atoms in total. The minimum Gasteiger partial charge on any atom is -0.312 e. The lowest BCUT2D eigenvalue weighted by molar-refractivity contribution is 0.313. The van der Waals surface area contributed by atoms with Crippen LogP contribution in [0.25, 0.3) is 0 Å². The van der Waals surface area contributed by atoms with Crippen LogP contribution in [0.5, 0.6) is 0 Å². The van der Waals surface area contributed by atoms with E-state index < -0.39 is 0 Å². The summed E-state index contributed by atoms with van der Waals surface area (Å²) in [7, 11) is 0. The third kappa shape index (κ3) is 6.03. The van der Waals surface area contributed by atoms with Crippen LogP contribution < -0.4 is 5.32 Å². The Balaban J connectivity index is 2.55. The molecule has 0 fully saturated rings. The van der Waals surface area contributed by atoms with E-state index in [0.29, 0.717) is 11.8 Å². The number of halogens is 1. The number of thiophene rings is 1. The molecular formula is C14H24BrNS. The zero-order valence-electron chi connectivity index (χ0n) is 11.5. The van der Waals surface area contributed by atoms with Crippen molar-refractivity contribution in [3.05, 3.63) is 20.8 Å². The lowest BCUT2D eigenvalue weighted by atomic mass is 9.91. The van der Waals surface area contributed by atoms with Gasteiger partial charge in [-0.05, 0) is 73.6 Å². The van der Waals surface area contributed by atoms with E-state index >= 15 is 0 Å². The summed E-state index contributed by atoms with van der Waals surface area (Å²) < 4.78 is 1.23. The lowest BCUT2D eigenvalue weighted by Crippen LogP contribution is -2.40. The van der Waals surface area contributed by atoms with Gasteiger partial charge >= 0.3 is 0 Å². The molecule has 0 aliphatic rings. The molecule has 1 aromatic heterocycles. The molecule has 1 N–H and O–H groups in total. The fourth-order valence-corrected chi connectivity index (χ4v) is 3.28. The van der Waals surface area contributed by atoms with Crippen LogP contribution in [0, 0.1) is 11.8 Å². The maximum Gasteiger partial charge on any atom is 0.0701 e. The zero-order chi connectivity index (χ0) is 13.1. The molecule has 0 aliphatic heterocycles. The number of nitrogens with one attached hydrogen (secondary N) is 1. The second-order valence-electron chi connectivity index (χ2n) is 6.04. The Morgan fingerprint density at radius 1 is 1.29 bits per heavy atom. The van der Waals surface area contributed by atoms with Gasteiger partial charge in [-0.1, -0.05) is 13.8 Å². The summed E-state index contributed by atoms with van der Waals surface area (Å²) in [4.78, 5) is 1.48. The Kier molecular flexibility index (Phi) is 5.68. The molecule has 1 unspecified atom stereocenters. The van der Waals surface area contributed by atoms with E-state index in [-0.39, 0.29) is 5.54 Å². The summed E-state index contributed by atoms with van der Waals surface area (Å²) in [6.07, 6.45) is 1.18. The van der Waals surface area contributed by atoms with Gasteiger partial charge < -0.3 is 5.32 Å². The van der Waals surface area contributed by atoms with Crippen molar-refractivity contribution >= 4 is 27.3 Å². The van der Waals surface area contributed by atoms with Gasteiger partial charge in [-0.25, -0.2) is 0 Å². The smallest absolute Gasteiger partial charge is 0.0701 e. The molecular weight excluding hydrogens is 294 g/mol. The quantitative estimate of drug-likeness (QED) is 0.829. The summed E-state index contributed by atoms with van der Waals surface area (Å²) in [6, 6.07) is 4.38. The Morgan fingerprint density at radius 3 is 2.35 bits per heavy atom. The van der Waals surface area contributed by atoms with Crippen LogP contribution in [0.1, 0.15) is 39.5 Å². The van der Waals surface area contributed by atoms with Crippen LogP contribution in [0.4, 0.5) is 0 Å². The van der Waals surface area contributed by atoms with Gasteiger partial charge in [0.05, 0.1) is 3.79 Å². The maximum atomic E-state index is 3.62. The minimum absolute atomic E-state index is 0.211. The standard InChI is InChI=1S/C14H24BrNS/c1-10(2)11(9-16-14(3,4)5)8-12-6-7-13(15)17-12/h6-7,10-11,16H,8-9H2,1-5H3. The summed E-state index contributed by atoms with van der Waals surface area (Å²) >= 11 is 5.39. The van der Waals surface area contributed by atoms with Crippen LogP contribution in [0.3, 0.4) is 0 Å². The SMILES string of the molecule is CC(C)C(CNC(C)(C)C)Cc1ccc(Br)s1. The van der Waals surface area contributed by atoms with Gasteiger partial charge in [0.25, 0.3) is 0 Å². The fourth-order valence-electron chi connectivity index (χ4n) is 1.70. The van der Waals surface area contributed by atoms with Gasteiger partial charge in [0.1, 0.15) is 0 Å². The number of hydrogen-bond acceptors (Lipinski definition) is 2. The Labute approximate surface area is 118 Å². The minimum atomic E-state index is 0.211. The summed E-state index contributed by atoms with van der Waals surface area (Å²) in [6.45, 7) is 12.4. The predicted molar refractivity (Wildman–Crippen MR) is 81.8 cm³/mol. The first-order valence-corrected chi connectivity index (χ1v) is 7.88. The van der Waals surface area contributed by atoms with Crippen molar-refractivity contribution in [3.8, 4) is 0 Å². The van der Waals surface area contributed by atoms with Crippen molar-refractivity contribution in [2.24, 2.45) is 11.8 Å². The number of hydrogen-bond donors (Lipinski definition) is 1. The number of rotatable bonds is 5. The molecule has 0 aromatic carbocycles. The van der Waals surface area contributed by atoms with Gasteiger partial charge in [0.15, 0.2) is 0 Å². The fraction of sp³-hybridized carbons (Fsp3) is 0.714.